The van der Waals surface area contributed by atoms with Crippen molar-refractivity contribution < 1.29 is 14.0 Å². The van der Waals surface area contributed by atoms with Gasteiger partial charge in [0.05, 0.1) is 6.26 Å². The van der Waals surface area contributed by atoms with Crippen LogP contribution in [0.5, 0.6) is 0 Å². The van der Waals surface area contributed by atoms with Crippen LogP contribution in [-0.2, 0) is 4.79 Å². The molecule has 0 unspecified atom stereocenters. The largest absolute Gasteiger partial charge is 0.459 e. The van der Waals surface area contributed by atoms with Crippen LogP contribution in [0, 0.1) is 0 Å². The maximum Gasteiger partial charge on any atom is 0.291 e. The molecule has 0 aliphatic rings. The summed E-state index contributed by atoms with van der Waals surface area (Å²) in [7, 11) is 0. The highest BCUT2D eigenvalue weighted by atomic mass is 16.3. The minimum absolute atomic E-state index is 0.158. The third kappa shape index (κ3) is 5.14. The van der Waals surface area contributed by atoms with E-state index in [1.807, 2.05) is 37.3 Å². The van der Waals surface area contributed by atoms with Gasteiger partial charge in [-0.25, -0.2) is 0 Å². The molecule has 2 N–H and O–H groups in total. The van der Waals surface area contributed by atoms with Crippen molar-refractivity contribution in [3.63, 3.8) is 0 Å². The molecule has 0 aliphatic heterocycles. The summed E-state index contributed by atoms with van der Waals surface area (Å²) in [5, 5.41) is 5.41. The van der Waals surface area contributed by atoms with Gasteiger partial charge in [-0.2, -0.15) is 0 Å². The Morgan fingerprint density at radius 2 is 1.91 bits per heavy atom. The van der Waals surface area contributed by atoms with Crippen LogP contribution in [0.4, 0.5) is 0 Å². The lowest BCUT2D eigenvalue weighted by Gasteiger charge is -2.10. The molecule has 2 aromatic rings. The number of hydrogen-bond donors (Lipinski definition) is 2. The van der Waals surface area contributed by atoms with E-state index in [1.165, 1.54) is 6.26 Å². The fraction of sp³-hybridized carbons (Fsp3) is 0.222. The molecule has 120 valence electrons. The van der Waals surface area contributed by atoms with Crippen LogP contribution < -0.4 is 10.6 Å². The predicted molar refractivity (Wildman–Crippen MR) is 88.5 cm³/mol. The van der Waals surface area contributed by atoms with E-state index >= 15 is 0 Å². The molecule has 0 fully saturated rings. The summed E-state index contributed by atoms with van der Waals surface area (Å²) in [5.74, 6) is -0.615. The van der Waals surface area contributed by atoms with E-state index in [9.17, 15) is 9.59 Å². The monoisotopic (exact) mass is 312 g/mol. The van der Waals surface area contributed by atoms with Crippen molar-refractivity contribution in [2.75, 3.05) is 6.54 Å². The Kier molecular flexibility index (Phi) is 6.17. The molecule has 23 heavy (non-hydrogen) atoms. The third-order valence-corrected chi connectivity index (χ3v) is 3.16. The van der Waals surface area contributed by atoms with E-state index in [-0.39, 0.29) is 17.4 Å². The van der Waals surface area contributed by atoms with Crippen molar-refractivity contribution in [2.24, 2.45) is 0 Å². The summed E-state index contributed by atoms with van der Waals surface area (Å²) in [6.45, 7) is 2.61. The Morgan fingerprint density at radius 1 is 1.13 bits per heavy atom. The molecule has 0 atom stereocenters. The van der Waals surface area contributed by atoms with Gasteiger partial charge in [0.25, 0.3) is 11.8 Å². The van der Waals surface area contributed by atoms with Gasteiger partial charge in [-0.1, -0.05) is 43.7 Å². The van der Waals surface area contributed by atoms with Crippen molar-refractivity contribution in [1.82, 2.24) is 10.6 Å². The second-order valence-corrected chi connectivity index (χ2v) is 5.01. The third-order valence-electron chi connectivity index (χ3n) is 3.16. The summed E-state index contributed by atoms with van der Waals surface area (Å²) < 4.78 is 5.05. The van der Waals surface area contributed by atoms with Gasteiger partial charge in [0.2, 0.25) is 0 Å². The SMILES string of the molecule is CCCCNC(=O)C(=Cc1ccccc1)NC(=O)c1ccco1. The number of nitrogens with one attached hydrogen (secondary N) is 2. The summed E-state index contributed by atoms with van der Waals surface area (Å²) in [6.07, 6.45) is 4.92. The number of hydrogen-bond acceptors (Lipinski definition) is 3. The molecule has 2 amide bonds. The summed E-state index contributed by atoms with van der Waals surface area (Å²) in [4.78, 5) is 24.4. The van der Waals surface area contributed by atoms with Gasteiger partial charge in [0.15, 0.2) is 5.76 Å². The zero-order chi connectivity index (χ0) is 16.5. The van der Waals surface area contributed by atoms with Crippen LogP contribution in [-0.4, -0.2) is 18.4 Å². The maximum absolute atomic E-state index is 12.3. The van der Waals surface area contributed by atoms with Crippen LogP contribution in [0.1, 0.15) is 35.9 Å². The summed E-state index contributed by atoms with van der Waals surface area (Å²) >= 11 is 0. The van der Waals surface area contributed by atoms with Crippen molar-refractivity contribution >= 4 is 17.9 Å². The highest BCUT2D eigenvalue weighted by molar-refractivity contribution is 6.04. The van der Waals surface area contributed by atoms with Gasteiger partial charge in [-0.05, 0) is 30.2 Å². The molecule has 0 saturated heterocycles. The minimum atomic E-state index is -0.456. The first-order chi connectivity index (χ1) is 11.2. The molecule has 0 spiro atoms. The van der Waals surface area contributed by atoms with Gasteiger partial charge in [-0.15, -0.1) is 0 Å². The Hall–Kier alpha value is -2.82. The molecule has 0 saturated carbocycles. The summed E-state index contributed by atoms with van der Waals surface area (Å²) in [5.41, 5.74) is 1.02. The number of furan rings is 1. The molecule has 1 aromatic carbocycles. The summed E-state index contributed by atoms with van der Waals surface area (Å²) in [6, 6.07) is 12.5. The van der Waals surface area contributed by atoms with Gasteiger partial charge in [0, 0.05) is 6.54 Å². The zero-order valence-electron chi connectivity index (χ0n) is 13.0. The minimum Gasteiger partial charge on any atom is -0.459 e. The number of rotatable bonds is 7. The smallest absolute Gasteiger partial charge is 0.291 e. The number of amides is 2. The number of unbranched alkanes of at least 4 members (excludes halogenated alkanes) is 1. The molecule has 0 radical (unpaired) electrons. The first-order valence-electron chi connectivity index (χ1n) is 7.60. The fourth-order valence-electron chi connectivity index (χ4n) is 1.94. The topological polar surface area (TPSA) is 71.3 Å². The maximum atomic E-state index is 12.3. The quantitative estimate of drug-likeness (QED) is 0.610. The van der Waals surface area contributed by atoms with Gasteiger partial charge < -0.3 is 15.1 Å². The van der Waals surface area contributed by atoms with Crippen molar-refractivity contribution in [3.05, 3.63) is 65.7 Å². The zero-order valence-corrected chi connectivity index (χ0v) is 13.0. The standard InChI is InChI=1S/C18H20N2O3/c1-2-3-11-19-17(21)15(13-14-8-5-4-6-9-14)20-18(22)16-10-7-12-23-16/h4-10,12-13H,2-3,11H2,1H3,(H,19,21)(H,20,22). The van der Waals surface area contributed by atoms with E-state index < -0.39 is 5.91 Å². The molecule has 5 heteroatoms. The average Bonchev–Trinajstić information content (AvgIpc) is 3.10. The number of carbonyl (C=O) groups excluding carboxylic acids is 2. The van der Waals surface area contributed by atoms with E-state index in [0.717, 1.165) is 18.4 Å². The second kappa shape index (κ2) is 8.58. The van der Waals surface area contributed by atoms with E-state index in [4.69, 9.17) is 4.42 Å². The lowest BCUT2D eigenvalue weighted by Crippen LogP contribution is -2.35. The molecular weight excluding hydrogens is 292 g/mol. The highest BCUT2D eigenvalue weighted by Crippen LogP contribution is 2.07. The lowest BCUT2D eigenvalue weighted by atomic mass is 10.2. The van der Waals surface area contributed by atoms with Crippen molar-refractivity contribution in [3.8, 4) is 0 Å². The molecule has 1 heterocycles. The van der Waals surface area contributed by atoms with Gasteiger partial charge in [0.1, 0.15) is 5.70 Å². The van der Waals surface area contributed by atoms with Crippen LogP contribution >= 0.6 is 0 Å². The van der Waals surface area contributed by atoms with Crippen molar-refractivity contribution in [1.29, 1.82) is 0 Å². The van der Waals surface area contributed by atoms with E-state index in [1.54, 1.807) is 18.2 Å². The fourth-order valence-corrected chi connectivity index (χ4v) is 1.94. The molecule has 1 aromatic heterocycles. The normalized spacial score (nSPS) is 11.1. The number of benzene rings is 1. The van der Waals surface area contributed by atoms with Crippen LogP contribution in [0.3, 0.4) is 0 Å². The molecule has 0 aliphatic carbocycles. The lowest BCUT2D eigenvalue weighted by molar-refractivity contribution is -0.117. The van der Waals surface area contributed by atoms with Crippen molar-refractivity contribution in [2.45, 2.75) is 19.8 Å². The molecule has 2 rings (SSSR count). The van der Waals surface area contributed by atoms with Gasteiger partial charge in [-0.3, -0.25) is 9.59 Å². The predicted octanol–water partition coefficient (Wildman–Crippen LogP) is 2.97. The Morgan fingerprint density at radius 3 is 2.57 bits per heavy atom. The van der Waals surface area contributed by atoms with E-state index in [0.29, 0.717) is 6.54 Å². The van der Waals surface area contributed by atoms with E-state index in [2.05, 4.69) is 10.6 Å². The first kappa shape index (κ1) is 16.5. The Balaban J connectivity index is 2.15. The van der Waals surface area contributed by atoms with Crippen LogP contribution in [0.2, 0.25) is 0 Å². The average molecular weight is 312 g/mol. The first-order valence-corrected chi connectivity index (χ1v) is 7.60. The molecule has 0 bridgehead atoms. The van der Waals surface area contributed by atoms with Crippen LogP contribution in [0.25, 0.3) is 6.08 Å². The Bertz CT molecular complexity index is 661. The highest BCUT2D eigenvalue weighted by Gasteiger charge is 2.15. The molecule has 5 nitrogen and oxygen atoms in total. The van der Waals surface area contributed by atoms with Gasteiger partial charge >= 0.3 is 0 Å². The second-order valence-electron chi connectivity index (χ2n) is 5.01. The Labute approximate surface area is 135 Å². The number of carbonyl (C=O) groups is 2. The van der Waals surface area contributed by atoms with Crippen LogP contribution in [0.15, 0.2) is 58.8 Å². The molecular formula is C18H20N2O3.